The van der Waals surface area contributed by atoms with Crippen LogP contribution >= 0.6 is 0 Å². The van der Waals surface area contributed by atoms with E-state index in [1.54, 1.807) is 31.3 Å². The molecule has 4 heteroatoms. The van der Waals surface area contributed by atoms with Gasteiger partial charge in [-0.05, 0) is 31.0 Å². The van der Waals surface area contributed by atoms with Gasteiger partial charge >= 0.3 is 0 Å². The predicted molar refractivity (Wildman–Crippen MR) is 78.5 cm³/mol. The Hall–Kier alpha value is -2.10. The van der Waals surface area contributed by atoms with Gasteiger partial charge in [-0.25, -0.2) is 9.37 Å². The summed E-state index contributed by atoms with van der Waals surface area (Å²) in [5.74, 6) is 0.817. The molecule has 0 unspecified atom stereocenters. The molecule has 1 aromatic heterocycles. The molecule has 2 rings (SSSR count). The Bertz CT molecular complexity index is 555. The van der Waals surface area contributed by atoms with E-state index >= 15 is 0 Å². The molecule has 1 N–H and O–H groups in total. The van der Waals surface area contributed by atoms with Gasteiger partial charge in [0.1, 0.15) is 12.4 Å². The van der Waals surface area contributed by atoms with Crippen molar-refractivity contribution in [2.75, 3.05) is 11.9 Å². The summed E-state index contributed by atoms with van der Waals surface area (Å²) < 4.78 is 19.2. The van der Waals surface area contributed by atoms with Crippen LogP contribution in [-0.2, 0) is 6.61 Å². The lowest BCUT2D eigenvalue weighted by Crippen LogP contribution is -2.03. The Morgan fingerprint density at radius 1 is 1.25 bits per heavy atom. The molecule has 0 atom stereocenters. The Morgan fingerprint density at radius 2 is 2.10 bits per heavy atom. The van der Waals surface area contributed by atoms with Crippen LogP contribution in [0.25, 0.3) is 0 Å². The number of nitrogens with zero attached hydrogens (tertiary/aromatic N) is 1. The van der Waals surface area contributed by atoms with E-state index in [0.29, 0.717) is 12.2 Å². The minimum Gasteiger partial charge on any atom is -0.486 e. The monoisotopic (exact) mass is 274 g/mol. The highest BCUT2D eigenvalue weighted by Crippen LogP contribution is 2.20. The SMILES string of the molecule is CCCNc1ccc(COc2cccc(C)c2F)cn1. The number of rotatable bonds is 6. The lowest BCUT2D eigenvalue weighted by molar-refractivity contribution is 0.289. The normalized spacial score (nSPS) is 10.3. The summed E-state index contributed by atoms with van der Waals surface area (Å²) in [7, 11) is 0. The quantitative estimate of drug-likeness (QED) is 0.866. The maximum Gasteiger partial charge on any atom is 0.167 e. The van der Waals surface area contributed by atoms with Gasteiger partial charge in [0.2, 0.25) is 0 Å². The van der Waals surface area contributed by atoms with E-state index in [1.165, 1.54) is 0 Å². The number of aromatic nitrogens is 1. The molecule has 0 saturated carbocycles. The summed E-state index contributed by atoms with van der Waals surface area (Å²) in [6.45, 7) is 5.03. The number of pyridine rings is 1. The topological polar surface area (TPSA) is 34.1 Å². The average Bonchev–Trinajstić information content (AvgIpc) is 2.48. The van der Waals surface area contributed by atoms with E-state index in [1.807, 2.05) is 12.1 Å². The van der Waals surface area contributed by atoms with Crippen LogP contribution in [0.3, 0.4) is 0 Å². The molecule has 0 aliphatic heterocycles. The van der Waals surface area contributed by atoms with Crippen LogP contribution in [0.4, 0.5) is 10.2 Å². The van der Waals surface area contributed by atoms with E-state index in [0.717, 1.165) is 24.3 Å². The largest absolute Gasteiger partial charge is 0.486 e. The van der Waals surface area contributed by atoms with Gasteiger partial charge in [0, 0.05) is 18.3 Å². The number of hydrogen-bond acceptors (Lipinski definition) is 3. The third-order valence-corrected chi connectivity index (χ3v) is 2.93. The van der Waals surface area contributed by atoms with Crippen molar-refractivity contribution in [2.45, 2.75) is 26.9 Å². The summed E-state index contributed by atoms with van der Waals surface area (Å²) in [5.41, 5.74) is 1.49. The predicted octanol–water partition coefficient (Wildman–Crippen LogP) is 3.93. The molecule has 0 saturated heterocycles. The fourth-order valence-electron chi connectivity index (χ4n) is 1.76. The molecule has 0 bridgehead atoms. The van der Waals surface area contributed by atoms with Gasteiger partial charge in [-0.15, -0.1) is 0 Å². The van der Waals surface area contributed by atoms with Crippen molar-refractivity contribution in [3.05, 3.63) is 53.5 Å². The van der Waals surface area contributed by atoms with Crippen molar-refractivity contribution < 1.29 is 9.13 Å². The second-order valence-corrected chi connectivity index (χ2v) is 4.65. The van der Waals surface area contributed by atoms with E-state index in [9.17, 15) is 4.39 Å². The van der Waals surface area contributed by atoms with Crippen LogP contribution in [0.2, 0.25) is 0 Å². The third-order valence-electron chi connectivity index (χ3n) is 2.93. The van der Waals surface area contributed by atoms with Gasteiger partial charge in [0.05, 0.1) is 0 Å². The maximum absolute atomic E-state index is 13.8. The molecule has 0 radical (unpaired) electrons. The third kappa shape index (κ3) is 3.70. The molecule has 3 nitrogen and oxygen atoms in total. The molecule has 1 heterocycles. The lowest BCUT2D eigenvalue weighted by Gasteiger charge is -2.09. The van der Waals surface area contributed by atoms with Crippen LogP contribution in [0.5, 0.6) is 5.75 Å². The molecule has 0 amide bonds. The van der Waals surface area contributed by atoms with Gasteiger partial charge < -0.3 is 10.1 Å². The molecule has 1 aromatic carbocycles. The smallest absolute Gasteiger partial charge is 0.167 e. The number of benzene rings is 1. The number of halogens is 1. The zero-order chi connectivity index (χ0) is 14.4. The Morgan fingerprint density at radius 3 is 2.80 bits per heavy atom. The van der Waals surface area contributed by atoms with Crippen LogP contribution in [0.15, 0.2) is 36.5 Å². The minimum absolute atomic E-state index is 0.276. The van der Waals surface area contributed by atoms with Crippen LogP contribution in [0, 0.1) is 12.7 Å². The fraction of sp³-hybridized carbons (Fsp3) is 0.312. The van der Waals surface area contributed by atoms with E-state index in [4.69, 9.17) is 4.74 Å². The second-order valence-electron chi connectivity index (χ2n) is 4.65. The summed E-state index contributed by atoms with van der Waals surface area (Å²) in [4.78, 5) is 4.28. The highest BCUT2D eigenvalue weighted by atomic mass is 19.1. The highest BCUT2D eigenvalue weighted by molar-refractivity contribution is 5.35. The van der Waals surface area contributed by atoms with Crippen LogP contribution in [0.1, 0.15) is 24.5 Å². The van der Waals surface area contributed by atoms with Gasteiger partial charge in [0.25, 0.3) is 0 Å². The maximum atomic E-state index is 13.8. The average molecular weight is 274 g/mol. The van der Waals surface area contributed by atoms with Crippen molar-refractivity contribution in [3.63, 3.8) is 0 Å². The number of aryl methyl sites for hydroxylation is 1. The molecule has 0 aliphatic carbocycles. The van der Waals surface area contributed by atoms with E-state index in [-0.39, 0.29) is 11.6 Å². The van der Waals surface area contributed by atoms with Crippen molar-refractivity contribution in [3.8, 4) is 5.75 Å². The standard InChI is InChI=1S/C16H19FN2O/c1-3-9-18-15-8-7-13(10-19-15)11-20-14-6-4-5-12(2)16(14)17/h4-8,10H,3,9,11H2,1-2H3,(H,18,19). The Labute approximate surface area is 118 Å². The van der Waals surface area contributed by atoms with Gasteiger partial charge in [0.15, 0.2) is 11.6 Å². The first-order chi connectivity index (χ1) is 9.70. The molecule has 2 aromatic rings. The molecular weight excluding hydrogens is 255 g/mol. The summed E-state index contributed by atoms with van der Waals surface area (Å²) in [6.07, 6.45) is 2.80. The molecule has 106 valence electrons. The highest BCUT2D eigenvalue weighted by Gasteiger charge is 2.06. The van der Waals surface area contributed by atoms with Gasteiger partial charge in [-0.2, -0.15) is 0 Å². The van der Waals surface area contributed by atoms with Crippen molar-refractivity contribution in [1.29, 1.82) is 0 Å². The van der Waals surface area contributed by atoms with Crippen LogP contribution < -0.4 is 10.1 Å². The van der Waals surface area contributed by atoms with Crippen LogP contribution in [-0.4, -0.2) is 11.5 Å². The molecule has 0 spiro atoms. The zero-order valence-electron chi connectivity index (χ0n) is 11.8. The van der Waals surface area contributed by atoms with Crippen molar-refractivity contribution in [1.82, 2.24) is 4.98 Å². The Balaban J connectivity index is 1.95. The first-order valence-corrected chi connectivity index (χ1v) is 6.77. The number of ether oxygens (including phenoxy) is 1. The van der Waals surface area contributed by atoms with Gasteiger partial charge in [-0.3, -0.25) is 0 Å². The van der Waals surface area contributed by atoms with E-state index < -0.39 is 0 Å². The summed E-state index contributed by atoms with van der Waals surface area (Å²) >= 11 is 0. The lowest BCUT2D eigenvalue weighted by atomic mass is 10.2. The molecular formula is C16H19FN2O. The second kappa shape index (κ2) is 6.89. The summed E-state index contributed by atoms with van der Waals surface area (Å²) in [5, 5.41) is 3.20. The zero-order valence-corrected chi connectivity index (χ0v) is 11.8. The molecule has 0 aliphatic rings. The fourth-order valence-corrected chi connectivity index (χ4v) is 1.76. The number of anilines is 1. The van der Waals surface area contributed by atoms with E-state index in [2.05, 4.69) is 17.2 Å². The Kier molecular flexibility index (Phi) is 4.93. The first kappa shape index (κ1) is 14.3. The molecule has 0 fully saturated rings. The number of hydrogen-bond donors (Lipinski definition) is 1. The van der Waals surface area contributed by atoms with Gasteiger partial charge in [-0.1, -0.05) is 25.1 Å². The first-order valence-electron chi connectivity index (χ1n) is 6.77. The summed E-state index contributed by atoms with van der Waals surface area (Å²) in [6, 6.07) is 8.97. The molecule has 20 heavy (non-hydrogen) atoms. The van der Waals surface area contributed by atoms with Crippen molar-refractivity contribution in [2.24, 2.45) is 0 Å². The number of nitrogens with one attached hydrogen (secondary N) is 1. The van der Waals surface area contributed by atoms with Crippen molar-refractivity contribution >= 4 is 5.82 Å². The minimum atomic E-state index is -0.304.